The van der Waals surface area contributed by atoms with Gasteiger partial charge in [0.15, 0.2) is 0 Å². The number of rotatable bonds is 3. The number of thioether (sulfide) groups is 1. The number of benzene rings is 1. The SMILES string of the molecule is Nc1ccc(CSC2COC2)c(F)c1. The molecule has 4 heteroatoms. The van der Waals surface area contributed by atoms with Crippen molar-refractivity contribution in [3.63, 3.8) is 0 Å². The molecule has 1 heterocycles. The minimum absolute atomic E-state index is 0.210. The van der Waals surface area contributed by atoms with Gasteiger partial charge in [0, 0.05) is 11.4 Å². The Bertz CT molecular complexity index is 328. The molecule has 2 rings (SSSR count). The van der Waals surface area contributed by atoms with Crippen molar-refractivity contribution < 1.29 is 9.13 Å². The molecule has 2 nitrogen and oxygen atoms in total. The summed E-state index contributed by atoms with van der Waals surface area (Å²) in [5, 5.41) is 0.534. The maximum Gasteiger partial charge on any atom is 0.129 e. The summed E-state index contributed by atoms with van der Waals surface area (Å²) < 4.78 is 18.3. The highest BCUT2D eigenvalue weighted by Crippen LogP contribution is 2.25. The molecule has 0 aliphatic carbocycles. The van der Waals surface area contributed by atoms with Gasteiger partial charge in [-0.1, -0.05) is 6.07 Å². The minimum atomic E-state index is -0.210. The van der Waals surface area contributed by atoms with E-state index >= 15 is 0 Å². The maximum absolute atomic E-state index is 13.3. The van der Waals surface area contributed by atoms with Gasteiger partial charge in [-0.3, -0.25) is 0 Å². The average Bonchev–Trinajstić information content (AvgIpc) is 2.05. The van der Waals surface area contributed by atoms with Gasteiger partial charge in [0.05, 0.1) is 18.5 Å². The van der Waals surface area contributed by atoms with Gasteiger partial charge in [-0.25, -0.2) is 4.39 Å². The van der Waals surface area contributed by atoms with Crippen LogP contribution < -0.4 is 5.73 Å². The molecule has 1 saturated heterocycles. The van der Waals surface area contributed by atoms with Crippen molar-refractivity contribution >= 4 is 17.4 Å². The van der Waals surface area contributed by atoms with Crippen molar-refractivity contribution in [2.24, 2.45) is 0 Å². The highest BCUT2D eigenvalue weighted by atomic mass is 32.2. The van der Waals surface area contributed by atoms with E-state index in [2.05, 4.69) is 0 Å². The highest BCUT2D eigenvalue weighted by molar-refractivity contribution is 7.99. The first kappa shape index (κ1) is 9.80. The fraction of sp³-hybridized carbons (Fsp3) is 0.400. The second-order valence-electron chi connectivity index (χ2n) is 3.32. The Morgan fingerprint density at radius 1 is 1.50 bits per heavy atom. The van der Waals surface area contributed by atoms with Gasteiger partial charge < -0.3 is 10.5 Å². The summed E-state index contributed by atoms with van der Waals surface area (Å²) in [7, 11) is 0. The molecular formula is C10H12FNOS. The summed E-state index contributed by atoms with van der Waals surface area (Å²) >= 11 is 1.73. The molecule has 0 aromatic heterocycles. The van der Waals surface area contributed by atoms with Crippen molar-refractivity contribution in [1.82, 2.24) is 0 Å². The highest BCUT2D eigenvalue weighted by Gasteiger charge is 2.18. The van der Waals surface area contributed by atoms with E-state index in [0.29, 0.717) is 16.7 Å². The van der Waals surface area contributed by atoms with Crippen LogP contribution in [0.2, 0.25) is 0 Å². The topological polar surface area (TPSA) is 35.2 Å². The number of nitrogens with two attached hydrogens (primary N) is 1. The molecule has 0 unspecified atom stereocenters. The van der Waals surface area contributed by atoms with Crippen molar-refractivity contribution in [3.05, 3.63) is 29.6 Å². The van der Waals surface area contributed by atoms with E-state index in [4.69, 9.17) is 10.5 Å². The molecule has 0 atom stereocenters. The number of anilines is 1. The second-order valence-corrected chi connectivity index (χ2v) is 4.61. The average molecular weight is 213 g/mol. The van der Waals surface area contributed by atoms with Crippen molar-refractivity contribution in [2.75, 3.05) is 18.9 Å². The van der Waals surface area contributed by atoms with E-state index in [0.717, 1.165) is 18.8 Å². The van der Waals surface area contributed by atoms with E-state index in [9.17, 15) is 4.39 Å². The monoisotopic (exact) mass is 213 g/mol. The molecule has 1 fully saturated rings. The Morgan fingerprint density at radius 2 is 2.29 bits per heavy atom. The fourth-order valence-corrected chi connectivity index (χ4v) is 2.23. The van der Waals surface area contributed by atoms with Crippen LogP contribution in [0, 0.1) is 5.82 Å². The lowest BCUT2D eigenvalue weighted by Crippen LogP contribution is -2.30. The van der Waals surface area contributed by atoms with Gasteiger partial charge in [0.25, 0.3) is 0 Å². The largest absolute Gasteiger partial charge is 0.399 e. The van der Waals surface area contributed by atoms with Crippen LogP contribution in [-0.2, 0) is 10.5 Å². The first-order valence-corrected chi connectivity index (χ1v) is 5.54. The molecule has 0 spiro atoms. The van der Waals surface area contributed by atoms with E-state index in [-0.39, 0.29) is 5.82 Å². The van der Waals surface area contributed by atoms with Gasteiger partial charge in [-0.15, -0.1) is 11.8 Å². The van der Waals surface area contributed by atoms with Crippen LogP contribution in [0.1, 0.15) is 5.56 Å². The fourth-order valence-electron chi connectivity index (χ4n) is 1.20. The summed E-state index contributed by atoms with van der Waals surface area (Å²) in [5.74, 6) is 0.484. The van der Waals surface area contributed by atoms with Crippen LogP contribution in [0.3, 0.4) is 0 Å². The molecule has 1 aliphatic heterocycles. The number of hydrogen-bond donors (Lipinski definition) is 1. The summed E-state index contributed by atoms with van der Waals surface area (Å²) in [5.41, 5.74) is 6.65. The van der Waals surface area contributed by atoms with Gasteiger partial charge >= 0.3 is 0 Å². The van der Waals surface area contributed by atoms with Crippen LogP contribution in [0.15, 0.2) is 18.2 Å². The second kappa shape index (κ2) is 4.19. The Balaban J connectivity index is 1.94. The Morgan fingerprint density at radius 3 is 2.86 bits per heavy atom. The van der Waals surface area contributed by atoms with Crippen LogP contribution >= 0.6 is 11.8 Å². The van der Waals surface area contributed by atoms with E-state index < -0.39 is 0 Å². The van der Waals surface area contributed by atoms with Crippen molar-refractivity contribution in [2.45, 2.75) is 11.0 Å². The number of hydrogen-bond acceptors (Lipinski definition) is 3. The van der Waals surface area contributed by atoms with E-state index in [1.807, 2.05) is 0 Å². The van der Waals surface area contributed by atoms with Gasteiger partial charge in [0.2, 0.25) is 0 Å². The van der Waals surface area contributed by atoms with Gasteiger partial charge in [-0.05, 0) is 17.7 Å². The Hall–Kier alpha value is -0.740. The first-order valence-electron chi connectivity index (χ1n) is 4.49. The lowest BCUT2D eigenvalue weighted by atomic mass is 10.2. The van der Waals surface area contributed by atoms with Crippen LogP contribution in [0.25, 0.3) is 0 Å². The van der Waals surface area contributed by atoms with Crippen molar-refractivity contribution in [3.8, 4) is 0 Å². The van der Waals surface area contributed by atoms with Crippen LogP contribution in [0.5, 0.6) is 0 Å². The van der Waals surface area contributed by atoms with E-state index in [1.54, 1.807) is 23.9 Å². The molecule has 0 saturated carbocycles. The van der Waals surface area contributed by atoms with E-state index in [1.165, 1.54) is 6.07 Å². The number of halogens is 1. The summed E-state index contributed by atoms with van der Waals surface area (Å²) in [6.45, 7) is 1.59. The molecule has 0 bridgehead atoms. The summed E-state index contributed by atoms with van der Waals surface area (Å²) in [4.78, 5) is 0. The maximum atomic E-state index is 13.3. The predicted molar refractivity (Wildman–Crippen MR) is 56.7 cm³/mol. The standard InChI is InChI=1S/C10H12FNOS/c11-10-3-8(12)2-1-7(10)6-14-9-4-13-5-9/h1-3,9H,4-6,12H2. The number of nitrogen functional groups attached to an aromatic ring is 1. The smallest absolute Gasteiger partial charge is 0.129 e. The lowest BCUT2D eigenvalue weighted by molar-refractivity contribution is 0.0455. The van der Waals surface area contributed by atoms with Gasteiger partial charge in [0.1, 0.15) is 5.82 Å². The zero-order chi connectivity index (χ0) is 9.97. The molecule has 2 N–H and O–H groups in total. The molecule has 0 radical (unpaired) electrons. The number of ether oxygens (including phenoxy) is 1. The third-order valence-corrected chi connectivity index (χ3v) is 3.38. The first-order chi connectivity index (χ1) is 6.75. The van der Waals surface area contributed by atoms with Crippen LogP contribution in [-0.4, -0.2) is 18.5 Å². The molecule has 14 heavy (non-hydrogen) atoms. The predicted octanol–water partition coefficient (Wildman–Crippen LogP) is 2.04. The third-order valence-electron chi connectivity index (χ3n) is 2.16. The van der Waals surface area contributed by atoms with Gasteiger partial charge in [-0.2, -0.15) is 0 Å². The molecule has 1 aliphatic rings. The lowest BCUT2D eigenvalue weighted by Gasteiger charge is -2.25. The molecule has 1 aromatic rings. The zero-order valence-electron chi connectivity index (χ0n) is 7.70. The quantitative estimate of drug-likeness (QED) is 0.780. The normalized spacial score (nSPS) is 16.6. The molecule has 0 amide bonds. The van der Waals surface area contributed by atoms with Crippen molar-refractivity contribution in [1.29, 1.82) is 0 Å². The third kappa shape index (κ3) is 2.19. The summed E-state index contributed by atoms with van der Waals surface area (Å²) in [6.07, 6.45) is 0. The Labute approximate surface area is 86.6 Å². The van der Waals surface area contributed by atoms with Crippen LogP contribution in [0.4, 0.5) is 10.1 Å². The zero-order valence-corrected chi connectivity index (χ0v) is 8.52. The summed E-state index contributed by atoms with van der Waals surface area (Å²) in [6, 6.07) is 4.85. The Kier molecular flexibility index (Phi) is 2.93. The minimum Gasteiger partial charge on any atom is -0.399 e. The molecule has 76 valence electrons. The molecule has 1 aromatic carbocycles. The molecular weight excluding hydrogens is 201 g/mol.